The first-order valence-corrected chi connectivity index (χ1v) is 8.68. The summed E-state index contributed by atoms with van der Waals surface area (Å²) in [4.78, 5) is 16.0. The molecule has 1 aliphatic rings. The summed E-state index contributed by atoms with van der Waals surface area (Å²) < 4.78 is 43.0. The number of carbonyl (C=O) groups is 1. The molecule has 0 saturated carbocycles. The van der Waals surface area contributed by atoms with Gasteiger partial charge in [-0.15, -0.1) is 0 Å². The van der Waals surface area contributed by atoms with Crippen molar-refractivity contribution in [3.05, 3.63) is 53.7 Å². The van der Waals surface area contributed by atoms with Gasteiger partial charge in [-0.2, -0.15) is 13.2 Å². The molecular formula is C19H20F3N3O2. The van der Waals surface area contributed by atoms with Gasteiger partial charge in [0.1, 0.15) is 5.75 Å². The number of ether oxygens (including phenoxy) is 1. The van der Waals surface area contributed by atoms with Crippen molar-refractivity contribution in [2.24, 2.45) is 0 Å². The van der Waals surface area contributed by atoms with Crippen LogP contribution in [0.2, 0.25) is 0 Å². The number of benzene rings is 1. The largest absolute Gasteiger partial charge is 0.439 e. The third-order valence-electron chi connectivity index (χ3n) is 4.48. The first-order valence-electron chi connectivity index (χ1n) is 8.68. The number of amides is 1. The highest BCUT2D eigenvalue weighted by atomic mass is 19.4. The number of pyridine rings is 1. The Hall–Kier alpha value is -2.61. The number of aromatic nitrogens is 1. The average molecular weight is 379 g/mol. The fourth-order valence-corrected chi connectivity index (χ4v) is 2.90. The van der Waals surface area contributed by atoms with Gasteiger partial charge in [0.05, 0.1) is 5.56 Å². The van der Waals surface area contributed by atoms with Crippen LogP contribution >= 0.6 is 0 Å². The topological polar surface area (TPSA) is 63.2 Å². The van der Waals surface area contributed by atoms with Crippen molar-refractivity contribution in [2.75, 3.05) is 6.54 Å². The lowest BCUT2D eigenvalue weighted by Gasteiger charge is -2.30. The quantitative estimate of drug-likeness (QED) is 0.849. The van der Waals surface area contributed by atoms with E-state index in [1.54, 1.807) is 24.3 Å². The van der Waals surface area contributed by atoms with E-state index in [4.69, 9.17) is 4.74 Å². The van der Waals surface area contributed by atoms with Crippen molar-refractivity contribution < 1.29 is 22.7 Å². The number of rotatable bonds is 4. The molecule has 2 unspecified atom stereocenters. The first-order chi connectivity index (χ1) is 12.8. The van der Waals surface area contributed by atoms with Gasteiger partial charge in [0.2, 0.25) is 5.88 Å². The molecule has 1 amide bonds. The van der Waals surface area contributed by atoms with Crippen molar-refractivity contribution in [1.29, 1.82) is 0 Å². The highest BCUT2D eigenvalue weighted by Crippen LogP contribution is 2.30. The zero-order valence-corrected chi connectivity index (χ0v) is 14.7. The Bertz CT molecular complexity index is 776. The van der Waals surface area contributed by atoms with Crippen molar-refractivity contribution in [1.82, 2.24) is 15.6 Å². The van der Waals surface area contributed by atoms with Crippen LogP contribution in [0.15, 0.2) is 42.6 Å². The zero-order chi connectivity index (χ0) is 19.4. The molecule has 1 aromatic carbocycles. The van der Waals surface area contributed by atoms with Crippen LogP contribution < -0.4 is 15.4 Å². The number of alkyl halides is 3. The Morgan fingerprint density at radius 2 is 1.96 bits per heavy atom. The van der Waals surface area contributed by atoms with Crippen LogP contribution in [0.4, 0.5) is 13.2 Å². The van der Waals surface area contributed by atoms with E-state index in [0.717, 1.165) is 37.7 Å². The minimum Gasteiger partial charge on any atom is -0.439 e. The Morgan fingerprint density at radius 1 is 1.22 bits per heavy atom. The third kappa shape index (κ3) is 4.97. The SMILES string of the molecule is CC1NCCCC1NC(=O)c1ccc(Oc2ccc(C(F)(F)F)cn2)cc1. The predicted octanol–water partition coefficient (Wildman–Crippen LogP) is 3.76. The van der Waals surface area contributed by atoms with Gasteiger partial charge in [-0.1, -0.05) is 0 Å². The summed E-state index contributed by atoms with van der Waals surface area (Å²) in [7, 11) is 0. The fourth-order valence-electron chi connectivity index (χ4n) is 2.90. The molecule has 0 bridgehead atoms. The lowest BCUT2D eigenvalue weighted by atomic mass is 9.99. The monoisotopic (exact) mass is 379 g/mol. The average Bonchev–Trinajstić information content (AvgIpc) is 2.64. The van der Waals surface area contributed by atoms with Gasteiger partial charge in [0.15, 0.2) is 0 Å². The molecule has 0 spiro atoms. The molecular weight excluding hydrogens is 359 g/mol. The molecule has 1 aromatic heterocycles. The summed E-state index contributed by atoms with van der Waals surface area (Å²) >= 11 is 0. The van der Waals surface area contributed by atoms with E-state index in [1.807, 2.05) is 6.92 Å². The summed E-state index contributed by atoms with van der Waals surface area (Å²) in [5.74, 6) is 0.253. The number of nitrogens with one attached hydrogen (secondary N) is 2. The van der Waals surface area contributed by atoms with Gasteiger partial charge in [0.25, 0.3) is 5.91 Å². The number of hydrogen-bond acceptors (Lipinski definition) is 4. The summed E-state index contributed by atoms with van der Waals surface area (Å²) in [5.41, 5.74) is -0.353. The van der Waals surface area contributed by atoms with Gasteiger partial charge >= 0.3 is 6.18 Å². The lowest BCUT2D eigenvalue weighted by Crippen LogP contribution is -2.51. The van der Waals surface area contributed by atoms with Crippen LogP contribution in [0.1, 0.15) is 35.7 Å². The smallest absolute Gasteiger partial charge is 0.417 e. The molecule has 1 fully saturated rings. The van der Waals surface area contributed by atoms with Gasteiger partial charge in [-0.05, 0) is 56.6 Å². The molecule has 2 heterocycles. The van der Waals surface area contributed by atoms with Crippen molar-refractivity contribution in [2.45, 2.75) is 38.0 Å². The van der Waals surface area contributed by atoms with Crippen LogP contribution in [-0.2, 0) is 6.18 Å². The van der Waals surface area contributed by atoms with Gasteiger partial charge in [-0.25, -0.2) is 4.98 Å². The Kier molecular flexibility index (Phi) is 5.65. The molecule has 8 heteroatoms. The highest BCUT2D eigenvalue weighted by molar-refractivity contribution is 5.94. The molecule has 2 atom stereocenters. The van der Waals surface area contributed by atoms with Crippen molar-refractivity contribution >= 4 is 5.91 Å². The summed E-state index contributed by atoms with van der Waals surface area (Å²) in [6, 6.07) is 8.73. The second-order valence-electron chi connectivity index (χ2n) is 6.47. The maximum absolute atomic E-state index is 12.5. The normalized spacial score (nSPS) is 20.1. The second-order valence-corrected chi connectivity index (χ2v) is 6.47. The number of hydrogen-bond donors (Lipinski definition) is 2. The van der Waals surface area contributed by atoms with E-state index in [9.17, 15) is 18.0 Å². The number of halogens is 3. The minimum atomic E-state index is -4.44. The molecule has 1 aliphatic heterocycles. The molecule has 2 N–H and O–H groups in total. The van der Waals surface area contributed by atoms with Crippen LogP contribution in [0, 0.1) is 0 Å². The predicted molar refractivity (Wildman–Crippen MR) is 93.7 cm³/mol. The Labute approximate surface area is 154 Å². The number of nitrogens with zero attached hydrogens (tertiary/aromatic N) is 1. The van der Waals surface area contributed by atoms with E-state index in [1.165, 1.54) is 0 Å². The van der Waals surface area contributed by atoms with Gasteiger partial charge in [-0.3, -0.25) is 4.79 Å². The summed E-state index contributed by atoms with van der Waals surface area (Å²) in [6.07, 6.45) is -1.77. The van der Waals surface area contributed by atoms with Crippen LogP contribution in [-0.4, -0.2) is 29.5 Å². The molecule has 3 rings (SSSR count). The molecule has 27 heavy (non-hydrogen) atoms. The van der Waals surface area contributed by atoms with Crippen molar-refractivity contribution in [3.63, 3.8) is 0 Å². The molecule has 144 valence electrons. The maximum Gasteiger partial charge on any atom is 0.417 e. The van der Waals surface area contributed by atoms with Gasteiger partial charge in [0, 0.05) is 29.9 Å². The van der Waals surface area contributed by atoms with E-state index in [-0.39, 0.29) is 23.9 Å². The zero-order valence-electron chi connectivity index (χ0n) is 14.7. The Morgan fingerprint density at radius 3 is 2.56 bits per heavy atom. The molecule has 2 aromatic rings. The molecule has 0 radical (unpaired) electrons. The van der Waals surface area contributed by atoms with E-state index >= 15 is 0 Å². The molecule has 1 saturated heterocycles. The van der Waals surface area contributed by atoms with Crippen molar-refractivity contribution in [3.8, 4) is 11.6 Å². The molecule has 0 aliphatic carbocycles. The van der Waals surface area contributed by atoms with Crippen LogP contribution in [0.3, 0.4) is 0 Å². The molecule has 5 nitrogen and oxygen atoms in total. The maximum atomic E-state index is 12.5. The first kappa shape index (κ1) is 19.2. The van der Waals surface area contributed by atoms with Gasteiger partial charge < -0.3 is 15.4 Å². The highest BCUT2D eigenvalue weighted by Gasteiger charge is 2.30. The standard InChI is InChI=1S/C19H20F3N3O2/c1-12-16(3-2-10-23-12)25-18(26)13-4-7-15(8-5-13)27-17-9-6-14(11-24-17)19(20,21)22/h4-9,11-12,16,23H,2-3,10H2,1H3,(H,25,26). The second kappa shape index (κ2) is 7.96. The minimum absolute atomic E-state index is 0.0438. The number of piperidine rings is 1. The fraction of sp³-hybridized carbons (Fsp3) is 0.368. The van der Waals surface area contributed by atoms with E-state index in [0.29, 0.717) is 11.3 Å². The Balaban J connectivity index is 1.60. The van der Waals surface area contributed by atoms with Crippen LogP contribution in [0.25, 0.3) is 0 Å². The lowest BCUT2D eigenvalue weighted by molar-refractivity contribution is -0.137. The van der Waals surface area contributed by atoms with E-state index in [2.05, 4.69) is 15.6 Å². The van der Waals surface area contributed by atoms with E-state index < -0.39 is 11.7 Å². The van der Waals surface area contributed by atoms with Crippen LogP contribution in [0.5, 0.6) is 11.6 Å². The summed E-state index contributed by atoms with van der Waals surface area (Å²) in [6.45, 7) is 3.00. The summed E-state index contributed by atoms with van der Waals surface area (Å²) in [5, 5.41) is 6.34. The third-order valence-corrected chi connectivity index (χ3v) is 4.48. The number of carbonyl (C=O) groups excluding carboxylic acids is 1.